The van der Waals surface area contributed by atoms with Gasteiger partial charge in [0, 0.05) is 25.3 Å². The lowest BCUT2D eigenvalue weighted by Gasteiger charge is -2.43. The molecule has 10 heteroatoms. The van der Waals surface area contributed by atoms with Gasteiger partial charge in [-0.3, -0.25) is 14.4 Å². The molecule has 44 heavy (non-hydrogen) atoms. The summed E-state index contributed by atoms with van der Waals surface area (Å²) < 4.78 is 16.3. The highest BCUT2D eigenvalue weighted by atomic mass is 16.5. The van der Waals surface area contributed by atoms with Gasteiger partial charge in [0.2, 0.25) is 11.8 Å². The maximum atomic E-state index is 14.0. The predicted molar refractivity (Wildman–Crippen MR) is 166 cm³/mol. The van der Waals surface area contributed by atoms with Gasteiger partial charge >= 0.3 is 0 Å². The fourth-order valence-corrected chi connectivity index (χ4v) is 5.98. The summed E-state index contributed by atoms with van der Waals surface area (Å²) in [4.78, 5) is 45.4. The molecule has 2 aliphatic heterocycles. The summed E-state index contributed by atoms with van der Waals surface area (Å²) in [6.07, 6.45) is 1.56. The van der Waals surface area contributed by atoms with Crippen LogP contribution in [0.1, 0.15) is 24.0 Å². The summed E-state index contributed by atoms with van der Waals surface area (Å²) in [6.45, 7) is 1.94. The average Bonchev–Trinajstić information content (AvgIpc) is 3.31. The second-order valence-electron chi connectivity index (χ2n) is 11.1. The van der Waals surface area contributed by atoms with Gasteiger partial charge in [0.1, 0.15) is 18.7 Å². The number of amides is 3. The monoisotopic (exact) mass is 600 g/mol. The summed E-state index contributed by atoms with van der Waals surface area (Å²) in [7, 11) is 3.18. The zero-order chi connectivity index (χ0) is 30.9. The molecule has 3 amide bonds. The number of nitrogens with one attached hydrogen (secondary N) is 1. The van der Waals surface area contributed by atoms with Crippen LogP contribution in [-0.4, -0.2) is 86.7 Å². The number of benzene rings is 3. The molecule has 232 valence electrons. The van der Waals surface area contributed by atoms with Crippen molar-refractivity contribution in [2.24, 2.45) is 0 Å². The van der Waals surface area contributed by atoms with E-state index in [1.807, 2.05) is 78.9 Å². The third-order valence-electron chi connectivity index (χ3n) is 8.38. The van der Waals surface area contributed by atoms with Crippen molar-refractivity contribution in [2.45, 2.75) is 31.4 Å². The Morgan fingerprint density at radius 2 is 1.55 bits per heavy atom. The molecule has 3 aromatic rings. The summed E-state index contributed by atoms with van der Waals surface area (Å²) in [6, 6.07) is 25.2. The molecular weight excluding hydrogens is 560 g/mol. The number of nitrogens with zero attached hydrogens (tertiary/aromatic N) is 3. The van der Waals surface area contributed by atoms with Gasteiger partial charge < -0.3 is 34.2 Å². The molecule has 0 aromatic heterocycles. The first-order chi connectivity index (χ1) is 21.4. The molecule has 0 unspecified atom stereocenters. The van der Waals surface area contributed by atoms with Crippen molar-refractivity contribution >= 4 is 23.4 Å². The van der Waals surface area contributed by atoms with E-state index in [1.54, 1.807) is 24.0 Å². The third kappa shape index (κ3) is 6.97. The van der Waals surface area contributed by atoms with Gasteiger partial charge in [-0.2, -0.15) is 0 Å². The van der Waals surface area contributed by atoms with E-state index in [-0.39, 0.29) is 30.9 Å². The van der Waals surface area contributed by atoms with E-state index in [4.69, 9.17) is 14.2 Å². The SMILES string of the molecule is COc1ccc(CCNC(=O)CN2CN(c3ccccc3)C3(CCN(C(=O)COCc4ccccc4)CC3)C2=O)cc1OC. The van der Waals surface area contributed by atoms with Gasteiger partial charge in [0.05, 0.1) is 27.5 Å². The van der Waals surface area contributed by atoms with E-state index in [2.05, 4.69) is 10.2 Å². The average molecular weight is 601 g/mol. The molecule has 10 nitrogen and oxygen atoms in total. The van der Waals surface area contributed by atoms with Crippen LogP contribution in [0.4, 0.5) is 5.69 Å². The van der Waals surface area contributed by atoms with Gasteiger partial charge in [-0.1, -0.05) is 54.6 Å². The van der Waals surface area contributed by atoms with E-state index >= 15 is 0 Å². The van der Waals surface area contributed by atoms with E-state index in [0.717, 1.165) is 16.8 Å². The molecule has 5 rings (SSSR count). The van der Waals surface area contributed by atoms with Crippen LogP contribution < -0.4 is 19.7 Å². The lowest BCUT2D eigenvalue weighted by molar-refractivity contribution is -0.142. The van der Waals surface area contributed by atoms with Crippen molar-refractivity contribution in [1.29, 1.82) is 0 Å². The van der Waals surface area contributed by atoms with Crippen LogP contribution in [0, 0.1) is 0 Å². The maximum Gasteiger partial charge on any atom is 0.250 e. The molecule has 0 radical (unpaired) electrons. The van der Waals surface area contributed by atoms with Crippen LogP contribution in [0.25, 0.3) is 0 Å². The van der Waals surface area contributed by atoms with Crippen molar-refractivity contribution in [3.05, 3.63) is 90.0 Å². The van der Waals surface area contributed by atoms with Crippen LogP contribution in [0.15, 0.2) is 78.9 Å². The molecule has 1 spiro atoms. The zero-order valence-corrected chi connectivity index (χ0v) is 25.4. The quantitative estimate of drug-likeness (QED) is 0.341. The number of likely N-dealkylation sites (tertiary alicyclic amines) is 1. The van der Waals surface area contributed by atoms with Crippen molar-refractivity contribution in [2.75, 3.05) is 58.6 Å². The van der Waals surface area contributed by atoms with E-state index < -0.39 is 5.54 Å². The van der Waals surface area contributed by atoms with Crippen LogP contribution in [0.3, 0.4) is 0 Å². The van der Waals surface area contributed by atoms with Gasteiger partial charge in [-0.15, -0.1) is 0 Å². The van der Waals surface area contributed by atoms with E-state index in [1.165, 1.54) is 0 Å². The molecule has 0 aliphatic carbocycles. The third-order valence-corrected chi connectivity index (χ3v) is 8.38. The van der Waals surface area contributed by atoms with Gasteiger partial charge in [-0.25, -0.2) is 0 Å². The molecular formula is C34H40N4O6. The summed E-state index contributed by atoms with van der Waals surface area (Å²) in [5, 5.41) is 2.95. The molecule has 2 saturated heterocycles. The topological polar surface area (TPSA) is 101 Å². The molecule has 2 aliphatic rings. The number of para-hydroxylation sites is 1. The zero-order valence-electron chi connectivity index (χ0n) is 25.4. The predicted octanol–water partition coefficient (Wildman–Crippen LogP) is 3.25. The first-order valence-electron chi connectivity index (χ1n) is 14.9. The Bertz CT molecular complexity index is 1430. The highest BCUT2D eigenvalue weighted by Crippen LogP contribution is 2.39. The van der Waals surface area contributed by atoms with Crippen LogP contribution in [0.5, 0.6) is 11.5 Å². The number of methoxy groups -OCH3 is 2. The van der Waals surface area contributed by atoms with Crippen molar-refractivity contribution in [3.63, 3.8) is 0 Å². The highest BCUT2D eigenvalue weighted by Gasteiger charge is 2.54. The van der Waals surface area contributed by atoms with Crippen molar-refractivity contribution < 1.29 is 28.6 Å². The lowest BCUT2D eigenvalue weighted by atomic mass is 9.85. The smallest absolute Gasteiger partial charge is 0.250 e. The lowest BCUT2D eigenvalue weighted by Crippen LogP contribution is -2.57. The number of piperidine rings is 1. The second kappa shape index (κ2) is 14.3. The Hall–Kier alpha value is -4.57. The van der Waals surface area contributed by atoms with Crippen LogP contribution in [-0.2, 0) is 32.1 Å². The number of hydrogen-bond acceptors (Lipinski definition) is 7. The molecule has 0 atom stereocenters. The second-order valence-corrected chi connectivity index (χ2v) is 11.1. The first kappa shape index (κ1) is 30.9. The minimum Gasteiger partial charge on any atom is -0.493 e. The Morgan fingerprint density at radius 3 is 2.23 bits per heavy atom. The minimum absolute atomic E-state index is 0.00611. The van der Waals surface area contributed by atoms with E-state index in [9.17, 15) is 14.4 Å². The first-order valence-corrected chi connectivity index (χ1v) is 14.9. The number of rotatable bonds is 12. The summed E-state index contributed by atoms with van der Waals surface area (Å²) in [5.41, 5.74) is 2.12. The fraction of sp³-hybridized carbons (Fsp3) is 0.382. The van der Waals surface area contributed by atoms with Crippen LogP contribution in [0.2, 0.25) is 0 Å². The van der Waals surface area contributed by atoms with Crippen molar-refractivity contribution in [3.8, 4) is 11.5 Å². The largest absolute Gasteiger partial charge is 0.493 e. The van der Waals surface area contributed by atoms with Crippen molar-refractivity contribution in [1.82, 2.24) is 15.1 Å². The number of ether oxygens (including phenoxy) is 3. The molecule has 2 heterocycles. The molecule has 3 aromatic carbocycles. The highest BCUT2D eigenvalue weighted by molar-refractivity contribution is 5.96. The summed E-state index contributed by atoms with van der Waals surface area (Å²) >= 11 is 0. The normalized spacial score (nSPS) is 15.9. The molecule has 0 saturated carbocycles. The van der Waals surface area contributed by atoms with Gasteiger partial charge in [-0.05, 0) is 54.7 Å². The number of carbonyl (C=O) groups is 3. The molecule has 0 bridgehead atoms. The number of anilines is 1. The molecule has 1 N–H and O–H groups in total. The van der Waals surface area contributed by atoms with E-state index in [0.29, 0.717) is 63.7 Å². The maximum absolute atomic E-state index is 14.0. The standard InChI is InChI=1S/C34H40N4O6/c1-42-29-14-13-26(21-30(29)43-2)15-18-35-31(39)22-37-25-38(28-11-7-4-8-12-28)34(33(37)41)16-19-36(20-17-34)32(40)24-44-23-27-9-5-3-6-10-27/h3-14,21H,15-20,22-25H2,1-2H3,(H,35,39). The Labute approximate surface area is 258 Å². The Morgan fingerprint density at radius 1 is 0.864 bits per heavy atom. The fourth-order valence-electron chi connectivity index (χ4n) is 5.98. The Balaban J connectivity index is 1.18. The summed E-state index contributed by atoms with van der Waals surface area (Å²) in [5.74, 6) is 0.906. The van der Waals surface area contributed by atoms with Crippen LogP contribution >= 0.6 is 0 Å². The number of hydrogen-bond donors (Lipinski definition) is 1. The molecule has 2 fully saturated rings. The number of carbonyl (C=O) groups excluding carboxylic acids is 3. The minimum atomic E-state index is -0.817. The van der Waals surface area contributed by atoms with Gasteiger partial charge in [0.25, 0.3) is 5.91 Å². The van der Waals surface area contributed by atoms with Gasteiger partial charge in [0.15, 0.2) is 11.5 Å². The Kier molecular flexibility index (Phi) is 10.0.